The number of rotatable bonds is 4. The van der Waals surface area contributed by atoms with Gasteiger partial charge in [-0.2, -0.15) is 9.61 Å². The van der Waals surface area contributed by atoms with Crippen LogP contribution in [0.25, 0.3) is 27.9 Å². The van der Waals surface area contributed by atoms with Crippen molar-refractivity contribution in [3.05, 3.63) is 42.4 Å². The molecule has 4 aromatic rings. The Kier molecular flexibility index (Phi) is 4.98. The zero-order valence-corrected chi connectivity index (χ0v) is 18.5. The van der Waals surface area contributed by atoms with Crippen molar-refractivity contribution in [2.45, 2.75) is 31.7 Å². The quantitative estimate of drug-likeness (QED) is 0.445. The molecule has 3 N–H and O–H groups in total. The number of anilines is 1. The number of aromatic amines is 1. The van der Waals surface area contributed by atoms with Gasteiger partial charge in [0.25, 0.3) is 5.91 Å². The van der Waals surface area contributed by atoms with Crippen LogP contribution in [-0.2, 0) is 4.74 Å². The van der Waals surface area contributed by atoms with Crippen LogP contribution in [0.4, 0.5) is 5.82 Å². The number of nitrogens with zero attached hydrogens (tertiary/aromatic N) is 4. The Morgan fingerprint density at radius 1 is 1.27 bits per heavy atom. The Morgan fingerprint density at radius 2 is 2.12 bits per heavy atom. The third-order valence-electron chi connectivity index (χ3n) is 6.87. The summed E-state index contributed by atoms with van der Waals surface area (Å²) >= 11 is 0. The van der Waals surface area contributed by atoms with Gasteiger partial charge in [0.1, 0.15) is 17.0 Å². The topological polar surface area (TPSA) is 109 Å². The van der Waals surface area contributed by atoms with E-state index in [-0.39, 0.29) is 11.9 Å². The fourth-order valence-electron chi connectivity index (χ4n) is 4.51. The lowest BCUT2D eigenvalue weighted by Crippen LogP contribution is -2.39. The van der Waals surface area contributed by atoms with Crippen LogP contribution >= 0.6 is 0 Å². The molecule has 7 rings (SSSR count). The number of carbonyl (C=O) groups excluding carboxylic acids is 1. The summed E-state index contributed by atoms with van der Waals surface area (Å²) in [5.74, 6) is 2.62. The summed E-state index contributed by atoms with van der Waals surface area (Å²) in [6, 6.07) is 6.08. The maximum absolute atomic E-state index is 12.7. The van der Waals surface area contributed by atoms with Crippen LogP contribution in [0.1, 0.15) is 36.0 Å². The molecule has 0 spiro atoms. The molecule has 1 saturated heterocycles. The summed E-state index contributed by atoms with van der Waals surface area (Å²) in [5, 5.41) is 11.5. The van der Waals surface area contributed by atoms with Gasteiger partial charge in [-0.1, -0.05) is 0 Å². The number of amides is 1. The molecule has 1 amide bonds. The number of fused-ring (bicyclic) bond motifs is 3. The third kappa shape index (κ3) is 3.72. The zero-order valence-electron chi connectivity index (χ0n) is 18.5. The van der Waals surface area contributed by atoms with E-state index < -0.39 is 0 Å². The first-order chi connectivity index (χ1) is 16.2. The Morgan fingerprint density at radius 3 is 2.79 bits per heavy atom. The summed E-state index contributed by atoms with van der Waals surface area (Å²) < 4.78 is 6.77. The average molecular weight is 446 g/mol. The SMILES string of the molecule is C1OCC2CC12.CNc1cc(-c2c[nH]c3ncccc23)nc2c(C(=O)NC3CCC3)cnn12. The molecule has 2 atom stereocenters. The van der Waals surface area contributed by atoms with Gasteiger partial charge in [-0.3, -0.25) is 4.79 Å². The number of carbonyl (C=O) groups is 1. The number of hydrogen-bond acceptors (Lipinski definition) is 6. The molecule has 4 aromatic heterocycles. The Bertz CT molecular complexity index is 1320. The Labute approximate surface area is 191 Å². The Hall–Kier alpha value is -3.46. The van der Waals surface area contributed by atoms with E-state index in [4.69, 9.17) is 9.72 Å². The van der Waals surface area contributed by atoms with Gasteiger partial charge in [0.15, 0.2) is 5.65 Å². The highest BCUT2D eigenvalue weighted by Crippen LogP contribution is 2.43. The van der Waals surface area contributed by atoms with E-state index in [2.05, 4.69) is 25.7 Å². The standard InChI is InChI=1S/C19H19N7O.C5H8O/c1-20-16-8-15(13-9-22-17-12(13)6-3-7-21-17)25-18-14(10-23-26(16)18)19(27)24-11-4-2-5-11;1-4-2-6-3-5(1)4/h3,6-11,20H,2,4-5H2,1H3,(H,21,22)(H,24,27);4-5H,1-3H2. The minimum Gasteiger partial charge on any atom is -0.381 e. The van der Waals surface area contributed by atoms with Gasteiger partial charge >= 0.3 is 0 Å². The van der Waals surface area contributed by atoms with Crippen molar-refractivity contribution in [2.75, 3.05) is 25.6 Å². The molecule has 2 saturated carbocycles. The van der Waals surface area contributed by atoms with Crippen molar-refractivity contribution in [3.63, 3.8) is 0 Å². The van der Waals surface area contributed by atoms with Crippen molar-refractivity contribution < 1.29 is 9.53 Å². The monoisotopic (exact) mass is 445 g/mol. The molecule has 3 aliphatic rings. The average Bonchev–Trinajstić information content (AvgIpc) is 3.20. The van der Waals surface area contributed by atoms with Crippen molar-refractivity contribution in [1.29, 1.82) is 0 Å². The molecule has 33 heavy (non-hydrogen) atoms. The number of hydrogen-bond donors (Lipinski definition) is 3. The van der Waals surface area contributed by atoms with Gasteiger partial charge in [-0.25, -0.2) is 9.97 Å². The highest BCUT2D eigenvalue weighted by atomic mass is 16.5. The predicted octanol–water partition coefficient (Wildman–Crippen LogP) is 3.25. The molecular weight excluding hydrogens is 418 g/mol. The van der Waals surface area contributed by atoms with Crippen molar-refractivity contribution >= 4 is 28.4 Å². The minimum absolute atomic E-state index is 0.123. The van der Waals surface area contributed by atoms with Crippen LogP contribution in [0.15, 0.2) is 36.8 Å². The predicted molar refractivity (Wildman–Crippen MR) is 125 cm³/mol. The highest BCUT2D eigenvalue weighted by Gasteiger charge is 2.41. The van der Waals surface area contributed by atoms with Crippen molar-refractivity contribution in [2.24, 2.45) is 11.8 Å². The molecule has 1 aliphatic heterocycles. The number of pyridine rings is 1. The highest BCUT2D eigenvalue weighted by molar-refractivity contribution is 6.01. The maximum atomic E-state index is 12.7. The maximum Gasteiger partial charge on any atom is 0.256 e. The summed E-state index contributed by atoms with van der Waals surface area (Å²) in [6.07, 6.45) is 9.92. The van der Waals surface area contributed by atoms with Gasteiger partial charge in [0, 0.05) is 55.7 Å². The van der Waals surface area contributed by atoms with Crippen LogP contribution in [0.5, 0.6) is 0 Å². The van der Waals surface area contributed by atoms with E-state index in [1.807, 2.05) is 31.4 Å². The van der Waals surface area contributed by atoms with E-state index in [1.54, 1.807) is 16.9 Å². The normalized spacial score (nSPS) is 21.2. The molecule has 170 valence electrons. The van der Waals surface area contributed by atoms with Gasteiger partial charge in [0.2, 0.25) is 0 Å². The summed E-state index contributed by atoms with van der Waals surface area (Å²) in [7, 11) is 1.82. The third-order valence-corrected chi connectivity index (χ3v) is 6.87. The minimum atomic E-state index is -0.123. The van der Waals surface area contributed by atoms with Crippen LogP contribution in [0, 0.1) is 11.8 Å². The molecule has 0 aromatic carbocycles. The number of nitrogens with one attached hydrogen (secondary N) is 3. The molecule has 0 bridgehead atoms. The molecule has 5 heterocycles. The molecule has 9 heteroatoms. The molecule has 9 nitrogen and oxygen atoms in total. The summed E-state index contributed by atoms with van der Waals surface area (Å²) in [4.78, 5) is 25.0. The number of ether oxygens (including phenoxy) is 1. The van der Waals surface area contributed by atoms with E-state index in [0.717, 1.165) is 66.0 Å². The fourth-order valence-corrected chi connectivity index (χ4v) is 4.51. The summed E-state index contributed by atoms with van der Waals surface area (Å²) in [5.41, 5.74) is 3.51. The van der Waals surface area contributed by atoms with Gasteiger partial charge in [-0.15, -0.1) is 0 Å². The van der Waals surface area contributed by atoms with Crippen LogP contribution in [0.2, 0.25) is 0 Å². The zero-order chi connectivity index (χ0) is 22.4. The molecule has 2 aliphatic carbocycles. The lowest BCUT2D eigenvalue weighted by Gasteiger charge is -2.26. The fraction of sp³-hybridized carbons (Fsp3) is 0.417. The molecule has 0 radical (unpaired) electrons. The van der Waals surface area contributed by atoms with Crippen molar-refractivity contribution in [1.82, 2.24) is 29.9 Å². The number of aromatic nitrogens is 5. The first-order valence-corrected chi connectivity index (χ1v) is 11.6. The summed E-state index contributed by atoms with van der Waals surface area (Å²) in [6.45, 7) is 2.12. The Balaban J connectivity index is 0.000000295. The second-order valence-electron chi connectivity index (χ2n) is 9.07. The first-order valence-electron chi connectivity index (χ1n) is 11.6. The van der Waals surface area contributed by atoms with Gasteiger partial charge in [-0.05, 0) is 49.7 Å². The van der Waals surface area contributed by atoms with Crippen LogP contribution in [0.3, 0.4) is 0 Å². The van der Waals surface area contributed by atoms with E-state index in [9.17, 15) is 4.79 Å². The lowest BCUT2D eigenvalue weighted by atomic mass is 9.93. The van der Waals surface area contributed by atoms with Gasteiger partial charge in [0.05, 0.1) is 11.9 Å². The largest absolute Gasteiger partial charge is 0.381 e. The smallest absolute Gasteiger partial charge is 0.256 e. The molecule has 3 fully saturated rings. The van der Waals surface area contributed by atoms with E-state index in [0.29, 0.717) is 11.2 Å². The van der Waals surface area contributed by atoms with Crippen LogP contribution in [-0.4, -0.2) is 56.8 Å². The second kappa shape index (κ2) is 8.15. The van der Waals surface area contributed by atoms with E-state index >= 15 is 0 Å². The molecule has 2 unspecified atom stereocenters. The van der Waals surface area contributed by atoms with E-state index in [1.165, 1.54) is 12.8 Å². The second-order valence-corrected chi connectivity index (χ2v) is 9.07. The first kappa shape index (κ1) is 20.2. The van der Waals surface area contributed by atoms with Crippen molar-refractivity contribution in [3.8, 4) is 11.3 Å². The lowest BCUT2D eigenvalue weighted by molar-refractivity contribution is 0.0918. The van der Waals surface area contributed by atoms with Gasteiger partial charge < -0.3 is 20.4 Å². The van der Waals surface area contributed by atoms with Crippen LogP contribution < -0.4 is 10.6 Å². The molecular formula is C24H27N7O2. The number of H-pyrrole nitrogens is 1.